The largest absolute Gasteiger partial charge is 0.497 e. The van der Waals surface area contributed by atoms with Crippen LogP contribution in [0, 0.1) is 0 Å². The van der Waals surface area contributed by atoms with Crippen molar-refractivity contribution in [2.24, 2.45) is 0 Å². The van der Waals surface area contributed by atoms with Gasteiger partial charge in [-0.2, -0.15) is 0 Å². The van der Waals surface area contributed by atoms with Gasteiger partial charge in [-0.1, -0.05) is 12.1 Å². The van der Waals surface area contributed by atoms with Gasteiger partial charge in [0.1, 0.15) is 19.0 Å². The molecule has 30 heavy (non-hydrogen) atoms. The summed E-state index contributed by atoms with van der Waals surface area (Å²) in [5, 5.41) is 0. The Morgan fingerprint density at radius 1 is 0.967 bits per heavy atom. The molecule has 4 rings (SSSR count). The zero-order valence-electron chi connectivity index (χ0n) is 17.6. The van der Waals surface area contributed by atoms with Crippen LogP contribution in [0.2, 0.25) is 0 Å². The van der Waals surface area contributed by atoms with Crippen molar-refractivity contribution >= 4 is 5.91 Å². The van der Waals surface area contributed by atoms with Gasteiger partial charge in [-0.15, -0.1) is 0 Å². The van der Waals surface area contributed by atoms with Gasteiger partial charge in [0, 0.05) is 38.3 Å². The first-order valence-electron chi connectivity index (χ1n) is 10.3. The number of benzene rings is 2. The topological polar surface area (TPSA) is 60.5 Å². The molecule has 1 amide bonds. The molecule has 1 fully saturated rings. The zero-order valence-corrected chi connectivity index (χ0v) is 17.6. The standard InChI is InChI=1S/C23H28N2O5/c1-27-19-6-4-17(5-7-19)16-24-8-3-9-25(11-10-24)23(26)18-14-20(28-2)22-21(15-18)29-12-13-30-22/h4-7,14-15H,3,8-13,16H2,1-2H3. The summed E-state index contributed by atoms with van der Waals surface area (Å²) in [6.45, 7) is 5.02. The average Bonchev–Trinajstić information content (AvgIpc) is 3.04. The van der Waals surface area contributed by atoms with Crippen LogP contribution >= 0.6 is 0 Å². The molecule has 2 aromatic rings. The van der Waals surface area contributed by atoms with Gasteiger partial charge in [-0.3, -0.25) is 9.69 Å². The predicted octanol–water partition coefficient (Wildman–Crippen LogP) is 2.82. The minimum atomic E-state index is -0.00318. The molecule has 0 unspecified atom stereocenters. The molecule has 1 saturated heterocycles. The van der Waals surface area contributed by atoms with Crippen molar-refractivity contribution in [1.29, 1.82) is 0 Å². The summed E-state index contributed by atoms with van der Waals surface area (Å²) < 4.78 is 22.0. The molecule has 0 N–H and O–H groups in total. The third-order valence-electron chi connectivity index (χ3n) is 5.52. The van der Waals surface area contributed by atoms with Crippen LogP contribution in [0.1, 0.15) is 22.3 Å². The van der Waals surface area contributed by atoms with Crippen molar-refractivity contribution < 1.29 is 23.7 Å². The normalized spacial score (nSPS) is 16.7. The van der Waals surface area contributed by atoms with Gasteiger partial charge in [0.15, 0.2) is 11.5 Å². The van der Waals surface area contributed by atoms with Crippen LogP contribution in [0.3, 0.4) is 0 Å². The summed E-state index contributed by atoms with van der Waals surface area (Å²) in [6, 6.07) is 11.7. The Balaban J connectivity index is 1.42. The summed E-state index contributed by atoms with van der Waals surface area (Å²) in [4.78, 5) is 17.5. The van der Waals surface area contributed by atoms with Gasteiger partial charge in [0.2, 0.25) is 5.75 Å². The lowest BCUT2D eigenvalue weighted by Gasteiger charge is -2.24. The van der Waals surface area contributed by atoms with Gasteiger partial charge in [0.25, 0.3) is 5.91 Å². The van der Waals surface area contributed by atoms with Crippen molar-refractivity contribution in [3.63, 3.8) is 0 Å². The van der Waals surface area contributed by atoms with Crippen molar-refractivity contribution in [3.05, 3.63) is 47.5 Å². The first-order chi connectivity index (χ1) is 14.7. The van der Waals surface area contributed by atoms with E-state index < -0.39 is 0 Å². The summed E-state index contributed by atoms with van der Waals surface area (Å²) in [5.74, 6) is 2.53. The lowest BCUT2D eigenvalue weighted by Crippen LogP contribution is -2.35. The first kappa shape index (κ1) is 20.3. The maximum Gasteiger partial charge on any atom is 0.254 e. The van der Waals surface area contributed by atoms with E-state index in [4.69, 9.17) is 18.9 Å². The summed E-state index contributed by atoms with van der Waals surface area (Å²) in [7, 11) is 3.25. The highest BCUT2D eigenvalue weighted by atomic mass is 16.6. The maximum absolute atomic E-state index is 13.2. The molecule has 2 aliphatic heterocycles. The Bertz CT molecular complexity index is 867. The molecular weight excluding hydrogens is 384 g/mol. The van der Waals surface area contributed by atoms with Gasteiger partial charge in [-0.05, 0) is 36.2 Å². The van der Waals surface area contributed by atoms with Gasteiger partial charge in [0.05, 0.1) is 14.2 Å². The highest BCUT2D eigenvalue weighted by molar-refractivity contribution is 5.95. The average molecular weight is 412 g/mol. The van der Waals surface area contributed by atoms with Gasteiger partial charge >= 0.3 is 0 Å². The van der Waals surface area contributed by atoms with Crippen LogP contribution in [-0.2, 0) is 6.54 Å². The van der Waals surface area contributed by atoms with Crippen LogP contribution in [0.25, 0.3) is 0 Å². The number of rotatable bonds is 5. The van der Waals surface area contributed by atoms with Crippen molar-refractivity contribution in [2.45, 2.75) is 13.0 Å². The molecule has 0 spiro atoms. The highest BCUT2D eigenvalue weighted by Gasteiger charge is 2.25. The van der Waals surface area contributed by atoms with E-state index in [2.05, 4.69) is 17.0 Å². The van der Waals surface area contributed by atoms with Crippen LogP contribution in [0.5, 0.6) is 23.0 Å². The molecule has 7 nitrogen and oxygen atoms in total. The third-order valence-corrected chi connectivity index (χ3v) is 5.52. The Morgan fingerprint density at radius 2 is 1.77 bits per heavy atom. The molecule has 0 saturated carbocycles. The minimum absolute atomic E-state index is 0.00318. The summed E-state index contributed by atoms with van der Waals surface area (Å²) >= 11 is 0. The highest BCUT2D eigenvalue weighted by Crippen LogP contribution is 2.40. The number of hydrogen-bond acceptors (Lipinski definition) is 6. The molecule has 7 heteroatoms. The molecule has 2 heterocycles. The Kier molecular flexibility index (Phi) is 6.28. The first-order valence-corrected chi connectivity index (χ1v) is 10.3. The molecule has 2 aliphatic rings. The van der Waals surface area contributed by atoms with Crippen molar-refractivity contribution in [3.8, 4) is 23.0 Å². The zero-order chi connectivity index (χ0) is 20.9. The second-order valence-electron chi connectivity index (χ2n) is 7.47. The number of ether oxygens (including phenoxy) is 4. The van der Waals surface area contributed by atoms with E-state index in [0.29, 0.717) is 42.6 Å². The van der Waals surface area contributed by atoms with E-state index in [9.17, 15) is 4.79 Å². The molecule has 0 bridgehead atoms. The Hall–Kier alpha value is -2.93. The molecular formula is C23H28N2O5. The third kappa shape index (κ3) is 4.46. The van der Waals surface area contributed by atoms with E-state index in [1.54, 1.807) is 26.4 Å². The fourth-order valence-corrected chi connectivity index (χ4v) is 3.90. The van der Waals surface area contributed by atoms with Crippen LogP contribution < -0.4 is 18.9 Å². The van der Waals surface area contributed by atoms with E-state index in [-0.39, 0.29) is 5.91 Å². The number of nitrogens with zero attached hydrogens (tertiary/aromatic N) is 2. The lowest BCUT2D eigenvalue weighted by molar-refractivity contribution is 0.0759. The second kappa shape index (κ2) is 9.26. The number of amides is 1. The summed E-state index contributed by atoms with van der Waals surface area (Å²) in [5.41, 5.74) is 1.81. The quantitative estimate of drug-likeness (QED) is 0.753. The number of fused-ring (bicyclic) bond motifs is 1. The summed E-state index contributed by atoms with van der Waals surface area (Å²) in [6.07, 6.45) is 0.934. The lowest BCUT2D eigenvalue weighted by atomic mass is 10.1. The maximum atomic E-state index is 13.2. The van der Waals surface area contributed by atoms with Crippen LogP contribution in [0.15, 0.2) is 36.4 Å². The fraction of sp³-hybridized carbons (Fsp3) is 0.435. The smallest absolute Gasteiger partial charge is 0.254 e. The number of carbonyl (C=O) groups excluding carboxylic acids is 1. The second-order valence-corrected chi connectivity index (χ2v) is 7.47. The van der Waals surface area contributed by atoms with Gasteiger partial charge in [-0.25, -0.2) is 0 Å². The minimum Gasteiger partial charge on any atom is -0.497 e. The Morgan fingerprint density at radius 3 is 2.53 bits per heavy atom. The number of methoxy groups -OCH3 is 2. The SMILES string of the molecule is COc1ccc(CN2CCCN(C(=O)c3cc(OC)c4c(c3)OCCO4)CC2)cc1. The molecule has 0 atom stereocenters. The predicted molar refractivity (Wildman–Crippen MR) is 113 cm³/mol. The van der Waals surface area contributed by atoms with E-state index >= 15 is 0 Å². The number of hydrogen-bond donors (Lipinski definition) is 0. The monoisotopic (exact) mass is 412 g/mol. The van der Waals surface area contributed by atoms with Crippen LogP contribution in [-0.4, -0.2) is 69.3 Å². The molecule has 0 aliphatic carbocycles. The van der Waals surface area contributed by atoms with Gasteiger partial charge < -0.3 is 23.8 Å². The Labute approximate surface area is 177 Å². The van der Waals surface area contributed by atoms with Crippen molar-refractivity contribution in [2.75, 3.05) is 53.6 Å². The van der Waals surface area contributed by atoms with E-state index in [0.717, 1.165) is 38.3 Å². The molecule has 160 valence electrons. The van der Waals surface area contributed by atoms with Crippen LogP contribution in [0.4, 0.5) is 0 Å². The number of carbonyl (C=O) groups is 1. The molecule has 2 aromatic carbocycles. The fourth-order valence-electron chi connectivity index (χ4n) is 3.90. The van der Waals surface area contributed by atoms with E-state index in [1.807, 2.05) is 17.0 Å². The molecule has 0 radical (unpaired) electrons. The molecule has 0 aromatic heterocycles. The van der Waals surface area contributed by atoms with E-state index in [1.165, 1.54) is 5.56 Å². The van der Waals surface area contributed by atoms with Crippen molar-refractivity contribution in [1.82, 2.24) is 9.80 Å².